The van der Waals surface area contributed by atoms with Gasteiger partial charge in [-0.25, -0.2) is 9.67 Å². The zero-order chi connectivity index (χ0) is 17.9. The monoisotopic (exact) mass is 349 g/mol. The second kappa shape index (κ2) is 6.95. The van der Waals surface area contributed by atoms with Gasteiger partial charge in [-0.05, 0) is 43.5 Å². The molecule has 7 heteroatoms. The molecule has 0 bridgehead atoms. The van der Waals surface area contributed by atoms with Crippen molar-refractivity contribution in [2.75, 3.05) is 7.11 Å². The number of methoxy groups -OCH3 is 1. The van der Waals surface area contributed by atoms with E-state index in [1.807, 2.05) is 35.1 Å². The van der Waals surface area contributed by atoms with Gasteiger partial charge in [0, 0.05) is 23.7 Å². The predicted octanol–water partition coefficient (Wildman–Crippen LogP) is 2.48. The number of carbonyl (C=O) groups excluding carboxylic acids is 1. The molecule has 1 amide bonds. The summed E-state index contributed by atoms with van der Waals surface area (Å²) >= 11 is 0. The minimum atomic E-state index is -0.215. The van der Waals surface area contributed by atoms with Gasteiger partial charge in [0.15, 0.2) is 0 Å². The molecule has 26 heavy (non-hydrogen) atoms. The van der Waals surface area contributed by atoms with E-state index in [1.165, 1.54) is 12.4 Å². The van der Waals surface area contributed by atoms with Crippen LogP contribution in [0.25, 0.3) is 5.69 Å². The van der Waals surface area contributed by atoms with E-state index in [0.29, 0.717) is 5.69 Å². The molecule has 1 N–H and O–H groups in total. The first kappa shape index (κ1) is 16.3. The molecule has 0 radical (unpaired) electrons. The molecule has 0 unspecified atom stereocenters. The van der Waals surface area contributed by atoms with Crippen molar-refractivity contribution in [3.63, 3.8) is 0 Å². The van der Waals surface area contributed by atoms with Gasteiger partial charge in [0.1, 0.15) is 11.4 Å². The van der Waals surface area contributed by atoms with Crippen LogP contribution in [-0.2, 0) is 6.42 Å². The average Bonchev–Trinajstić information content (AvgIpc) is 3.14. The first-order valence-corrected chi connectivity index (χ1v) is 8.54. The van der Waals surface area contributed by atoms with E-state index in [2.05, 4.69) is 20.4 Å². The molecule has 2 heterocycles. The summed E-state index contributed by atoms with van der Waals surface area (Å²) in [6.07, 6.45) is 9.18. The van der Waals surface area contributed by atoms with E-state index in [4.69, 9.17) is 4.74 Å². The van der Waals surface area contributed by atoms with Crippen LogP contribution in [0.3, 0.4) is 0 Å². The first-order valence-electron chi connectivity index (χ1n) is 8.54. The van der Waals surface area contributed by atoms with Crippen LogP contribution in [0, 0.1) is 0 Å². The van der Waals surface area contributed by atoms with E-state index in [9.17, 15) is 4.79 Å². The molecule has 4 rings (SSSR count). The summed E-state index contributed by atoms with van der Waals surface area (Å²) in [5, 5.41) is 7.61. The molecule has 1 atom stereocenters. The van der Waals surface area contributed by atoms with Crippen LogP contribution in [0.4, 0.5) is 0 Å². The molecule has 1 aliphatic rings. The van der Waals surface area contributed by atoms with Crippen LogP contribution >= 0.6 is 0 Å². The van der Waals surface area contributed by atoms with Gasteiger partial charge in [0.05, 0.1) is 31.2 Å². The summed E-state index contributed by atoms with van der Waals surface area (Å²) in [5.74, 6) is 0.594. The van der Waals surface area contributed by atoms with Crippen LogP contribution in [0.15, 0.2) is 49.1 Å². The van der Waals surface area contributed by atoms with E-state index in [0.717, 1.165) is 42.0 Å². The molecule has 0 fully saturated rings. The summed E-state index contributed by atoms with van der Waals surface area (Å²) in [6, 6.07) is 7.72. The summed E-state index contributed by atoms with van der Waals surface area (Å²) in [5.41, 5.74) is 3.49. The number of rotatable bonds is 4. The molecule has 0 saturated heterocycles. The zero-order valence-electron chi connectivity index (χ0n) is 14.4. The summed E-state index contributed by atoms with van der Waals surface area (Å²) in [4.78, 5) is 20.4. The maximum Gasteiger partial charge on any atom is 0.271 e. The van der Waals surface area contributed by atoms with Crippen molar-refractivity contribution in [2.24, 2.45) is 0 Å². The van der Waals surface area contributed by atoms with Crippen LogP contribution in [0.1, 0.15) is 40.6 Å². The maximum atomic E-state index is 12.4. The molecule has 1 aromatic carbocycles. The Balaban J connectivity index is 1.59. The van der Waals surface area contributed by atoms with Crippen molar-refractivity contribution in [3.05, 3.63) is 66.0 Å². The molecule has 0 spiro atoms. The topological polar surface area (TPSA) is 81.9 Å². The number of ether oxygens (including phenoxy) is 1. The maximum absolute atomic E-state index is 12.4. The Hall–Kier alpha value is -3.22. The van der Waals surface area contributed by atoms with Gasteiger partial charge >= 0.3 is 0 Å². The van der Waals surface area contributed by atoms with Crippen molar-refractivity contribution in [1.29, 1.82) is 0 Å². The molecule has 0 aliphatic heterocycles. The number of nitrogens with zero attached hydrogens (tertiary/aromatic N) is 4. The zero-order valence-corrected chi connectivity index (χ0v) is 14.4. The Morgan fingerprint density at radius 2 is 2.08 bits per heavy atom. The van der Waals surface area contributed by atoms with Crippen LogP contribution in [0.2, 0.25) is 0 Å². The number of carbonyl (C=O) groups is 1. The minimum Gasteiger partial charge on any atom is -0.497 e. The molecule has 132 valence electrons. The number of hydrogen-bond donors (Lipinski definition) is 1. The molecule has 1 aliphatic carbocycles. The highest BCUT2D eigenvalue weighted by atomic mass is 16.5. The normalized spacial score (nSPS) is 16.0. The summed E-state index contributed by atoms with van der Waals surface area (Å²) in [6.45, 7) is 0. The Morgan fingerprint density at radius 1 is 1.23 bits per heavy atom. The van der Waals surface area contributed by atoms with Gasteiger partial charge in [0.2, 0.25) is 0 Å². The lowest BCUT2D eigenvalue weighted by molar-refractivity contribution is 0.0927. The molecule has 2 aromatic heterocycles. The Labute approximate surface area is 151 Å². The fourth-order valence-electron chi connectivity index (χ4n) is 3.30. The van der Waals surface area contributed by atoms with E-state index < -0.39 is 0 Å². The fraction of sp³-hybridized carbons (Fsp3) is 0.263. The fourth-order valence-corrected chi connectivity index (χ4v) is 3.30. The molecule has 7 nitrogen and oxygen atoms in total. The highest BCUT2D eigenvalue weighted by Gasteiger charge is 2.26. The third-order valence-electron chi connectivity index (χ3n) is 4.60. The largest absolute Gasteiger partial charge is 0.497 e. The average molecular weight is 349 g/mol. The number of fused-ring (bicyclic) bond motifs is 1. The van der Waals surface area contributed by atoms with Crippen molar-refractivity contribution < 1.29 is 9.53 Å². The van der Waals surface area contributed by atoms with Gasteiger partial charge in [-0.15, -0.1) is 0 Å². The Bertz CT molecular complexity index is 905. The van der Waals surface area contributed by atoms with Gasteiger partial charge < -0.3 is 10.1 Å². The lowest BCUT2D eigenvalue weighted by Gasteiger charge is -2.24. The van der Waals surface area contributed by atoms with Crippen molar-refractivity contribution >= 4 is 5.91 Å². The predicted molar refractivity (Wildman–Crippen MR) is 95.3 cm³/mol. The second-order valence-electron chi connectivity index (χ2n) is 6.17. The van der Waals surface area contributed by atoms with E-state index in [1.54, 1.807) is 13.3 Å². The lowest BCUT2D eigenvalue weighted by atomic mass is 9.92. The van der Waals surface area contributed by atoms with Gasteiger partial charge in [-0.2, -0.15) is 5.10 Å². The third-order valence-corrected chi connectivity index (χ3v) is 4.60. The minimum absolute atomic E-state index is 0.0692. The molecular formula is C19H19N5O2. The molecule has 0 saturated carbocycles. The quantitative estimate of drug-likeness (QED) is 0.782. The van der Waals surface area contributed by atoms with Crippen molar-refractivity contribution in [3.8, 4) is 11.4 Å². The van der Waals surface area contributed by atoms with Crippen molar-refractivity contribution in [2.45, 2.75) is 25.3 Å². The van der Waals surface area contributed by atoms with Gasteiger partial charge in [-0.3, -0.25) is 9.78 Å². The highest BCUT2D eigenvalue weighted by molar-refractivity contribution is 5.92. The first-order chi connectivity index (χ1) is 12.8. The van der Waals surface area contributed by atoms with Gasteiger partial charge in [-0.1, -0.05) is 0 Å². The second-order valence-corrected chi connectivity index (χ2v) is 6.17. The number of hydrogen-bond acceptors (Lipinski definition) is 5. The van der Waals surface area contributed by atoms with Crippen molar-refractivity contribution in [1.82, 2.24) is 25.1 Å². The van der Waals surface area contributed by atoms with Gasteiger partial charge in [0.25, 0.3) is 5.91 Å². The van der Waals surface area contributed by atoms with Crippen LogP contribution in [0.5, 0.6) is 5.75 Å². The standard InChI is InChI=1S/C19H19N5O2/c1-26-14-7-5-13(6-8-14)24-18-4-2-3-16(15(18)11-22-24)23-19(25)17-12-20-9-10-21-17/h5-12,16H,2-4H2,1H3,(H,23,25)/t16-/m0/s1. The lowest BCUT2D eigenvalue weighted by Crippen LogP contribution is -2.31. The number of nitrogens with one attached hydrogen (secondary N) is 1. The SMILES string of the molecule is COc1ccc(-n2ncc3c2CCC[C@@H]3NC(=O)c2cnccn2)cc1. The van der Waals surface area contributed by atoms with Crippen LogP contribution < -0.4 is 10.1 Å². The highest BCUT2D eigenvalue weighted by Crippen LogP contribution is 2.31. The molecular weight excluding hydrogens is 330 g/mol. The van der Waals surface area contributed by atoms with Crippen LogP contribution in [-0.4, -0.2) is 32.8 Å². The number of amides is 1. The Morgan fingerprint density at radius 3 is 2.81 bits per heavy atom. The smallest absolute Gasteiger partial charge is 0.271 e. The number of aromatic nitrogens is 4. The summed E-state index contributed by atoms with van der Waals surface area (Å²) in [7, 11) is 1.65. The number of benzene rings is 1. The summed E-state index contributed by atoms with van der Waals surface area (Å²) < 4.78 is 7.15. The third kappa shape index (κ3) is 3.03. The van der Waals surface area contributed by atoms with E-state index >= 15 is 0 Å². The Kier molecular flexibility index (Phi) is 4.35. The van der Waals surface area contributed by atoms with E-state index in [-0.39, 0.29) is 11.9 Å². The molecule has 3 aromatic rings.